The van der Waals surface area contributed by atoms with E-state index in [4.69, 9.17) is 0 Å². The van der Waals surface area contributed by atoms with E-state index in [1.165, 1.54) is 24.8 Å². The second kappa shape index (κ2) is 6.08. The van der Waals surface area contributed by atoms with E-state index in [1.54, 1.807) is 0 Å². The molecule has 160 valence electrons. The van der Waals surface area contributed by atoms with Crippen molar-refractivity contribution in [2.45, 2.75) is 44.4 Å². The van der Waals surface area contributed by atoms with Crippen molar-refractivity contribution in [3.05, 3.63) is 23.4 Å². The van der Waals surface area contributed by atoms with Crippen LogP contribution in [0.25, 0.3) is 5.65 Å². The fraction of sp³-hybridized carbons (Fsp3) is 0.579. The summed E-state index contributed by atoms with van der Waals surface area (Å²) < 4.78 is 45.2. The second-order valence-corrected chi connectivity index (χ2v) is 8.95. The number of carbonyl (C=O) groups is 2. The first-order chi connectivity index (χ1) is 14.1. The number of anilines is 1. The van der Waals surface area contributed by atoms with Crippen LogP contribution in [-0.2, 0) is 4.79 Å². The van der Waals surface area contributed by atoms with Gasteiger partial charge < -0.3 is 10.2 Å². The Bertz CT molecular complexity index is 1060. The van der Waals surface area contributed by atoms with Gasteiger partial charge in [-0.15, -0.1) is 0 Å². The third-order valence-electron chi connectivity index (χ3n) is 6.20. The number of nitrogens with zero attached hydrogens (tertiary/aromatic N) is 4. The van der Waals surface area contributed by atoms with Crippen molar-refractivity contribution in [2.75, 3.05) is 24.5 Å². The van der Waals surface area contributed by atoms with Crippen LogP contribution in [0.2, 0.25) is 0 Å². The number of rotatable bonds is 3. The zero-order valence-electron chi connectivity index (χ0n) is 16.5. The average Bonchev–Trinajstić information content (AvgIpc) is 3.40. The molecule has 1 aliphatic carbocycles. The molecule has 1 atom stereocenters. The molecule has 30 heavy (non-hydrogen) atoms. The van der Waals surface area contributed by atoms with Crippen molar-refractivity contribution in [3.8, 4) is 0 Å². The Morgan fingerprint density at radius 1 is 1.20 bits per heavy atom. The van der Waals surface area contributed by atoms with Crippen molar-refractivity contribution < 1.29 is 22.8 Å². The maximum atomic E-state index is 15.1. The summed E-state index contributed by atoms with van der Waals surface area (Å²) in [4.78, 5) is 29.6. The largest absolute Gasteiger partial charge is 0.362 e. The minimum Gasteiger partial charge on any atom is -0.362 e. The van der Waals surface area contributed by atoms with Crippen LogP contribution < -0.4 is 15.5 Å². The molecule has 1 saturated carbocycles. The van der Waals surface area contributed by atoms with Gasteiger partial charge in [-0.05, 0) is 18.9 Å². The van der Waals surface area contributed by atoms with E-state index in [-0.39, 0.29) is 36.0 Å². The Morgan fingerprint density at radius 3 is 2.53 bits per heavy atom. The maximum Gasteiger partial charge on any atom is 0.321 e. The van der Waals surface area contributed by atoms with Gasteiger partial charge in [-0.2, -0.15) is 14.0 Å². The van der Waals surface area contributed by atoms with Gasteiger partial charge in [-0.1, -0.05) is 13.8 Å². The number of imidazole rings is 1. The Hall–Kier alpha value is -2.85. The third kappa shape index (κ3) is 2.82. The number of nitrogens with one attached hydrogen (secondary N) is 2. The number of aromatic nitrogens is 3. The molecule has 11 heteroatoms. The van der Waals surface area contributed by atoms with Crippen LogP contribution in [-0.4, -0.2) is 52.1 Å². The summed E-state index contributed by atoms with van der Waals surface area (Å²) in [5.74, 6) is -5.04. The van der Waals surface area contributed by atoms with E-state index in [9.17, 15) is 18.4 Å². The molecule has 0 spiro atoms. The van der Waals surface area contributed by atoms with E-state index in [0.29, 0.717) is 5.69 Å². The number of carbonyl (C=O) groups excluding carboxylic acids is 2. The number of imide groups is 1. The van der Waals surface area contributed by atoms with Crippen LogP contribution in [0.4, 0.5) is 23.7 Å². The average molecular weight is 422 g/mol. The lowest BCUT2D eigenvalue weighted by Gasteiger charge is -2.25. The fourth-order valence-electron chi connectivity index (χ4n) is 4.08. The number of urea groups is 1. The molecule has 2 aliphatic heterocycles. The molecule has 8 nitrogen and oxygen atoms in total. The van der Waals surface area contributed by atoms with Crippen molar-refractivity contribution >= 4 is 23.3 Å². The molecule has 0 radical (unpaired) electrons. The predicted molar refractivity (Wildman–Crippen MR) is 100 cm³/mol. The Labute approximate surface area is 169 Å². The number of alkyl halides is 2. The van der Waals surface area contributed by atoms with Crippen LogP contribution in [0, 0.1) is 11.4 Å². The van der Waals surface area contributed by atoms with Gasteiger partial charge in [-0.25, -0.2) is 18.6 Å². The van der Waals surface area contributed by atoms with Gasteiger partial charge in [0.1, 0.15) is 5.69 Å². The van der Waals surface area contributed by atoms with Crippen molar-refractivity contribution in [1.29, 1.82) is 0 Å². The molecular weight excluding hydrogens is 401 g/mol. The minimum absolute atomic E-state index is 0.00303. The highest BCUT2D eigenvalue weighted by atomic mass is 19.3. The standard InChI is InChI=1S/C19H21F3N6O2/c1-18(2)7-27(8-19(18,21)22)12-5-11(10-6-23-17(30)25-16(10)29)26-28-14(20)13(9-3-4-9)24-15(12)28/h5,9-10H,3-4,6-8H2,1-2H3,(H2,23,25,29,30). The van der Waals surface area contributed by atoms with Crippen molar-refractivity contribution in [3.63, 3.8) is 0 Å². The van der Waals surface area contributed by atoms with E-state index < -0.39 is 41.7 Å². The summed E-state index contributed by atoms with van der Waals surface area (Å²) in [5.41, 5.74) is -0.365. The van der Waals surface area contributed by atoms with Crippen LogP contribution >= 0.6 is 0 Å². The minimum atomic E-state index is -2.95. The number of halogens is 3. The number of fused-ring (bicyclic) bond motifs is 1. The van der Waals surface area contributed by atoms with E-state index in [1.807, 2.05) is 0 Å². The number of hydrogen-bond donors (Lipinski definition) is 2. The van der Waals surface area contributed by atoms with E-state index in [2.05, 4.69) is 20.7 Å². The van der Waals surface area contributed by atoms with Crippen LogP contribution in [0.15, 0.2) is 6.07 Å². The summed E-state index contributed by atoms with van der Waals surface area (Å²) in [5, 5.41) is 8.93. The second-order valence-electron chi connectivity index (χ2n) is 8.95. The van der Waals surface area contributed by atoms with E-state index >= 15 is 4.39 Å². The van der Waals surface area contributed by atoms with Crippen LogP contribution in [0.1, 0.15) is 49.9 Å². The first kappa shape index (κ1) is 19.1. The van der Waals surface area contributed by atoms with Gasteiger partial charge in [0.25, 0.3) is 5.92 Å². The van der Waals surface area contributed by atoms with Gasteiger partial charge in [0, 0.05) is 24.4 Å². The van der Waals surface area contributed by atoms with Crippen LogP contribution in [0.3, 0.4) is 0 Å². The summed E-state index contributed by atoms with van der Waals surface area (Å²) in [6.45, 7) is 2.45. The number of hydrogen-bond acceptors (Lipinski definition) is 5. The van der Waals surface area contributed by atoms with Gasteiger partial charge >= 0.3 is 6.03 Å². The lowest BCUT2D eigenvalue weighted by molar-refractivity contribution is -0.122. The maximum absolute atomic E-state index is 15.1. The molecule has 0 bridgehead atoms. The molecule has 5 rings (SSSR count). The molecule has 4 heterocycles. The van der Waals surface area contributed by atoms with Gasteiger partial charge in [0.05, 0.1) is 23.8 Å². The zero-order valence-corrected chi connectivity index (χ0v) is 16.5. The third-order valence-corrected chi connectivity index (χ3v) is 6.20. The summed E-state index contributed by atoms with van der Waals surface area (Å²) in [6.07, 6.45) is 1.63. The van der Waals surface area contributed by atoms with Gasteiger partial charge in [-0.3, -0.25) is 10.1 Å². The Kier molecular flexibility index (Phi) is 3.88. The lowest BCUT2D eigenvalue weighted by Crippen LogP contribution is -2.51. The zero-order chi connectivity index (χ0) is 21.4. The molecule has 2 aromatic heterocycles. The molecular formula is C19H21F3N6O2. The summed E-state index contributed by atoms with van der Waals surface area (Å²) in [7, 11) is 0. The fourth-order valence-corrected chi connectivity index (χ4v) is 4.08. The molecule has 2 N–H and O–H groups in total. The smallest absolute Gasteiger partial charge is 0.321 e. The normalized spacial score (nSPS) is 25.5. The topological polar surface area (TPSA) is 91.6 Å². The predicted octanol–water partition coefficient (Wildman–Crippen LogP) is 2.15. The molecule has 3 amide bonds. The quantitative estimate of drug-likeness (QED) is 0.791. The SMILES string of the molecule is CC1(C)CN(c2cc(C3CNC(=O)NC3=O)nn3c(F)c(C4CC4)nc23)CC1(F)F. The molecule has 3 aliphatic rings. The van der Waals surface area contributed by atoms with Crippen molar-refractivity contribution in [2.24, 2.45) is 5.41 Å². The lowest BCUT2D eigenvalue weighted by atomic mass is 9.89. The highest BCUT2D eigenvalue weighted by Gasteiger charge is 2.54. The van der Waals surface area contributed by atoms with Gasteiger partial charge in [0.2, 0.25) is 11.9 Å². The van der Waals surface area contributed by atoms with Crippen LogP contribution in [0.5, 0.6) is 0 Å². The molecule has 0 aromatic carbocycles. The Morgan fingerprint density at radius 2 is 1.93 bits per heavy atom. The first-order valence-corrected chi connectivity index (χ1v) is 9.88. The highest BCUT2D eigenvalue weighted by Crippen LogP contribution is 2.46. The molecule has 2 aromatic rings. The van der Waals surface area contributed by atoms with Gasteiger partial charge in [0.15, 0.2) is 5.65 Å². The highest BCUT2D eigenvalue weighted by molar-refractivity contribution is 6.00. The molecule has 3 fully saturated rings. The molecule has 1 unspecified atom stereocenters. The Balaban J connectivity index is 1.65. The number of amides is 3. The monoisotopic (exact) mass is 422 g/mol. The van der Waals surface area contributed by atoms with E-state index in [0.717, 1.165) is 17.4 Å². The van der Waals surface area contributed by atoms with Crippen molar-refractivity contribution in [1.82, 2.24) is 25.2 Å². The molecule has 2 saturated heterocycles. The summed E-state index contributed by atoms with van der Waals surface area (Å²) >= 11 is 0. The first-order valence-electron chi connectivity index (χ1n) is 9.88. The summed E-state index contributed by atoms with van der Waals surface area (Å²) in [6, 6.07) is 0.890.